The lowest BCUT2D eigenvalue weighted by molar-refractivity contribution is 0.283. The largest absolute Gasteiger partial charge is 0.489 e. The molecular weight excluding hydrogens is 272 g/mol. The third-order valence-corrected chi connectivity index (χ3v) is 4.28. The minimum Gasteiger partial charge on any atom is -0.489 e. The molecule has 1 aliphatic heterocycles. The Labute approximate surface area is 132 Å². The number of rotatable bonds is 6. The first kappa shape index (κ1) is 15.1. The quantitative estimate of drug-likeness (QED) is 0.886. The minimum absolute atomic E-state index is 0.622. The van der Waals surface area contributed by atoms with Gasteiger partial charge >= 0.3 is 0 Å². The highest BCUT2D eigenvalue weighted by Crippen LogP contribution is 2.23. The van der Waals surface area contributed by atoms with Crippen LogP contribution in [0.2, 0.25) is 0 Å². The summed E-state index contributed by atoms with van der Waals surface area (Å²) in [5, 5.41) is 3.37. The first-order chi connectivity index (χ1) is 10.8. The maximum Gasteiger partial charge on any atom is 0.124 e. The van der Waals surface area contributed by atoms with Crippen LogP contribution in [-0.4, -0.2) is 31.1 Å². The Bertz CT molecular complexity index is 585. The molecule has 3 heteroatoms. The molecule has 1 aliphatic rings. The molecule has 3 rings (SSSR count). The van der Waals surface area contributed by atoms with E-state index in [-0.39, 0.29) is 0 Å². The summed E-state index contributed by atoms with van der Waals surface area (Å²) in [7, 11) is 2.05. The molecule has 1 heterocycles. The van der Waals surface area contributed by atoms with E-state index in [0.717, 1.165) is 25.4 Å². The number of nitrogens with one attached hydrogen (secondary N) is 1. The fourth-order valence-electron chi connectivity index (χ4n) is 2.96. The normalized spacial score (nSPS) is 18.5. The van der Waals surface area contributed by atoms with E-state index in [1.807, 2.05) is 31.3 Å². The van der Waals surface area contributed by atoms with Crippen LogP contribution in [0.1, 0.15) is 17.5 Å². The number of likely N-dealkylation sites (tertiary alicyclic amines) is 1. The van der Waals surface area contributed by atoms with Gasteiger partial charge in [0.15, 0.2) is 0 Å². The smallest absolute Gasteiger partial charge is 0.124 e. The van der Waals surface area contributed by atoms with Crippen molar-refractivity contribution in [2.24, 2.45) is 0 Å². The number of benzene rings is 2. The second-order valence-corrected chi connectivity index (χ2v) is 5.89. The molecule has 1 atom stereocenters. The number of ether oxygens (including phenoxy) is 1. The summed E-state index contributed by atoms with van der Waals surface area (Å²) in [5.74, 6) is 0.999. The van der Waals surface area contributed by atoms with Crippen LogP contribution in [0.15, 0.2) is 54.6 Å². The van der Waals surface area contributed by atoms with Crippen LogP contribution < -0.4 is 10.1 Å². The van der Waals surface area contributed by atoms with Crippen LogP contribution in [0.5, 0.6) is 5.75 Å². The van der Waals surface area contributed by atoms with Crippen molar-refractivity contribution in [3.63, 3.8) is 0 Å². The number of hydrogen-bond acceptors (Lipinski definition) is 3. The highest BCUT2D eigenvalue weighted by Gasteiger charge is 2.21. The van der Waals surface area contributed by atoms with Gasteiger partial charge < -0.3 is 10.1 Å². The van der Waals surface area contributed by atoms with Crippen molar-refractivity contribution >= 4 is 0 Å². The minimum atomic E-state index is 0.622. The third kappa shape index (κ3) is 3.87. The van der Waals surface area contributed by atoms with Gasteiger partial charge in [0, 0.05) is 31.2 Å². The average molecular weight is 296 g/mol. The van der Waals surface area contributed by atoms with E-state index in [1.54, 1.807) is 0 Å². The van der Waals surface area contributed by atoms with Gasteiger partial charge in [-0.15, -0.1) is 0 Å². The SMILES string of the molecule is CNC1CCN(Cc2ccccc2OCc2ccccc2)C1. The van der Waals surface area contributed by atoms with Crippen LogP contribution in [0.25, 0.3) is 0 Å². The van der Waals surface area contributed by atoms with Crippen LogP contribution in [0.4, 0.5) is 0 Å². The molecule has 3 nitrogen and oxygen atoms in total. The summed E-state index contributed by atoms with van der Waals surface area (Å²) in [4.78, 5) is 2.49. The molecule has 1 fully saturated rings. The zero-order valence-electron chi connectivity index (χ0n) is 13.2. The molecule has 0 amide bonds. The Kier molecular flexibility index (Phi) is 5.09. The topological polar surface area (TPSA) is 24.5 Å². The summed E-state index contributed by atoms with van der Waals surface area (Å²) in [6, 6.07) is 19.3. The number of para-hydroxylation sites is 1. The van der Waals surface area contributed by atoms with Crippen molar-refractivity contribution in [2.75, 3.05) is 20.1 Å². The summed E-state index contributed by atoms with van der Waals surface area (Å²) in [5.41, 5.74) is 2.48. The van der Waals surface area contributed by atoms with Crippen molar-refractivity contribution in [1.29, 1.82) is 0 Å². The second-order valence-electron chi connectivity index (χ2n) is 5.89. The zero-order chi connectivity index (χ0) is 15.2. The average Bonchev–Trinajstić information content (AvgIpc) is 3.03. The van der Waals surface area contributed by atoms with Gasteiger partial charge in [0.05, 0.1) is 0 Å². The highest BCUT2D eigenvalue weighted by atomic mass is 16.5. The molecule has 0 radical (unpaired) electrons. The molecule has 0 bridgehead atoms. The summed E-state index contributed by atoms with van der Waals surface area (Å²) in [6.07, 6.45) is 1.23. The van der Waals surface area contributed by atoms with Crippen molar-refractivity contribution in [2.45, 2.75) is 25.6 Å². The van der Waals surface area contributed by atoms with E-state index in [4.69, 9.17) is 4.74 Å². The van der Waals surface area contributed by atoms with E-state index in [2.05, 4.69) is 40.5 Å². The lowest BCUT2D eigenvalue weighted by Crippen LogP contribution is -2.29. The third-order valence-electron chi connectivity index (χ3n) is 4.28. The van der Waals surface area contributed by atoms with Crippen LogP contribution >= 0.6 is 0 Å². The molecule has 0 aliphatic carbocycles. The van der Waals surface area contributed by atoms with Gasteiger partial charge in [0.2, 0.25) is 0 Å². The fourth-order valence-corrected chi connectivity index (χ4v) is 2.96. The second kappa shape index (κ2) is 7.43. The Morgan fingerprint density at radius 1 is 1.09 bits per heavy atom. The van der Waals surface area contributed by atoms with Gasteiger partial charge in [0.25, 0.3) is 0 Å². The predicted molar refractivity (Wildman–Crippen MR) is 90.0 cm³/mol. The molecule has 2 aromatic rings. The standard InChI is InChI=1S/C19H24N2O/c1-20-18-11-12-21(14-18)13-17-9-5-6-10-19(17)22-15-16-7-3-2-4-8-16/h2-10,18,20H,11-15H2,1H3. The van der Waals surface area contributed by atoms with Gasteiger partial charge in [0.1, 0.15) is 12.4 Å². The number of hydrogen-bond donors (Lipinski definition) is 1. The molecule has 1 saturated heterocycles. The van der Waals surface area contributed by atoms with Crippen LogP contribution in [0.3, 0.4) is 0 Å². The first-order valence-corrected chi connectivity index (χ1v) is 7.99. The molecule has 2 aromatic carbocycles. The molecule has 22 heavy (non-hydrogen) atoms. The van der Waals surface area contributed by atoms with E-state index in [9.17, 15) is 0 Å². The van der Waals surface area contributed by atoms with Crippen molar-refractivity contribution < 1.29 is 4.74 Å². The van der Waals surface area contributed by atoms with Crippen molar-refractivity contribution in [3.05, 3.63) is 65.7 Å². The van der Waals surface area contributed by atoms with Gasteiger partial charge in [-0.25, -0.2) is 0 Å². The molecule has 1 N–H and O–H groups in total. The predicted octanol–water partition coefficient (Wildman–Crippen LogP) is 3.06. The Hall–Kier alpha value is -1.84. The number of likely N-dealkylation sites (N-methyl/N-ethyl adjacent to an activating group) is 1. The first-order valence-electron chi connectivity index (χ1n) is 7.99. The number of nitrogens with zero attached hydrogens (tertiary/aromatic N) is 1. The van der Waals surface area contributed by atoms with Gasteiger partial charge in [-0.1, -0.05) is 48.5 Å². The maximum atomic E-state index is 6.04. The van der Waals surface area contributed by atoms with Gasteiger partial charge in [-0.05, 0) is 25.1 Å². The lowest BCUT2D eigenvalue weighted by Gasteiger charge is -2.18. The molecule has 1 unspecified atom stereocenters. The van der Waals surface area contributed by atoms with Gasteiger partial charge in [-0.3, -0.25) is 4.90 Å². The van der Waals surface area contributed by atoms with E-state index >= 15 is 0 Å². The Balaban J connectivity index is 1.63. The lowest BCUT2D eigenvalue weighted by atomic mass is 10.2. The molecule has 0 saturated carbocycles. The Morgan fingerprint density at radius 3 is 2.64 bits per heavy atom. The summed E-state index contributed by atoms with van der Waals surface area (Å²) in [6.45, 7) is 3.85. The van der Waals surface area contributed by atoms with Crippen LogP contribution in [0, 0.1) is 0 Å². The zero-order valence-corrected chi connectivity index (χ0v) is 13.2. The van der Waals surface area contributed by atoms with Gasteiger partial charge in [-0.2, -0.15) is 0 Å². The molecule has 0 spiro atoms. The maximum absolute atomic E-state index is 6.04. The van der Waals surface area contributed by atoms with E-state index in [0.29, 0.717) is 12.6 Å². The van der Waals surface area contributed by atoms with E-state index < -0.39 is 0 Å². The molecule has 116 valence electrons. The van der Waals surface area contributed by atoms with Crippen LogP contribution in [-0.2, 0) is 13.2 Å². The Morgan fingerprint density at radius 2 is 1.86 bits per heavy atom. The summed E-state index contributed by atoms with van der Waals surface area (Å²) >= 11 is 0. The highest BCUT2D eigenvalue weighted by molar-refractivity contribution is 5.33. The fraction of sp³-hybridized carbons (Fsp3) is 0.368. The monoisotopic (exact) mass is 296 g/mol. The van der Waals surface area contributed by atoms with E-state index in [1.165, 1.54) is 17.5 Å². The van der Waals surface area contributed by atoms with Crippen molar-refractivity contribution in [1.82, 2.24) is 10.2 Å². The summed E-state index contributed by atoms with van der Waals surface area (Å²) < 4.78 is 6.04. The molecular formula is C19H24N2O. The van der Waals surface area contributed by atoms with Crippen molar-refractivity contribution in [3.8, 4) is 5.75 Å². The molecule has 0 aromatic heterocycles.